The molecule has 0 unspecified atom stereocenters. The van der Waals surface area contributed by atoms with Gasteiger partial charge in [-0.3, -0.25) is 0 Å². The average Bonchev–Trinajstić information content (AvgIpc) is 2.63. The lowest BCUT2D eigenvalue weighted by molar-refractivity contribution is 0.401. The van der Waals surface area contributed by atoms with Crippen LogP contribution in [0.3, 0.4) is 0 Å². The van der Waals surface area contributed by atoms with Gasteiger partial charge in [0.1, 0.15) is 5.82 Å². The molecule has 0 aliphatic carbocycles. The summed E-state index contributed by atoms with van der Waals surface area (Å²) in [4.78, 5) is 6.02. The van der Waals surface area contributed by atoms with E-state index in [0.717, 1.165) is 11.3 Å². The van der Waals surface area contributed by atoms with E-state index in [0.29, 0.717) is 18.1 Å². The van der Waals surface area contributed by atoms with E-state index in [2.05, 4.69) is 10.1 Å². The molecular formula is C14H18FN5. The summed E-state index contributed by atoms with van der Waals surface area (Å²) in [5.74, 6) is 0.0317. The van der Waals surface area contributed by atoms with Crippen LogP contribution in [0.4, 0.5) is 10.3 Å². The Labute approximate surface area is 117 Å². The monoisotopic (exact) mass is 275 g/mol. The first kappa shape index (κ1) is 14.2. The summed E-state index contributed by atoms with van der Waals surface area (Å²) in [7, 11) is 3.88. The number of benzene rings is 1. The fraction of sp³-hybridized carbons (Fsp3) is 0.286. The van der Waals surface area contributed by atoms with Gasteiger partial charge in [-0.1, -0.05) is 0 Å². The van der Waals surface area contributed by atoms with Crippen molar-refractivity contribution in [2.45, 2.75) is 13.5 Å². The second-order valence-electron chi connectivity index (χ2n) is 4.96. The van der Waals surface area contributed by atoms with E-state index in [1.165, 1.54) is 16.8 Å². The SMILES string of the molecule is Cc1cn(N=Cc2cc(F)cc(CN(C)C)c2)c(N)n1. The molecule has 0 amide bonds. The molecule has 0 fully saturated rings. The number of halogens is 1. The number of nitrogens with zero attached hydrogens (tertiary/aromatic N) is 4. The summed E-state index contributed by atoms with van der Waals surface area (Å²) >= 11 is 0. The van der Waals surface area contributed by atoms with Crippen molar-refractivity contribution in [2.24, 2.45) is 5.10 Å². The zero-order valence-corrected chi connectivity index (χ0v) is 11.8. The van der Waals surface area contributed by atoms with Crippen molar-refractivity contribution in [2.75, 3.05) is 19.8 Å². The molecule has 2 aromatic rings. The molecule has 0 saturated carbocycles. The maximum absolute atomic E-state index is 13.6. The standard InChI is InChI=1S/C14H18FN5/c1-10-8-20(14(16)18-10)17-7-11-4-12(9-19(2)3)6-13(15)5-11/h4-8H,9H2,1-3H3,(H2,16,18). The Morgan fingerprint density at radius 3 is 2.75 bits per heavy atom. The van der Waals surface area contributed by atoms with Crippen LogP contribution in [-0.2, 0) is 6.54 Å². The molecule has 0 atom stereocenters. The first-order valence-corrected chi connectivity index (χ1v) is 6.24. The third-order valence-electron chi connectivity index (χ3n) is 2.64. The van der Waals surface area contributed by atoms with Gasteiger partial charge < -0.3 is 10.6 Å². The van der Waals surface area contributed by atoms with Gasteiger partial charge in [-0.05, 0) is 50.3 Å². The third-order valence-corrected chi connectivity index (χ3v) is 2.64. The Morgan fingerprint density at radius 2 is 2.15 bits per heavy atom. The maximum atomic E-state index is 13.6. The molecule has 0 aliphatic heterocycles. The number of nitrogen functional groups attached to an aromatic ring is 1. The lowest BCUT2D eigenvalue weighted by atomic mass is 10.1. The summed E-state index contributed by atoms with van der Waals surface area (Å²) in [6, 6.07) is 4.85. The molecule has 1 aromatic carbocycles. The van der Waals surface area contributed by atoms with Crippen LogP contribution in [0.15, 0.2) is 29.5 Å². The van der Waals surface area contributed by atoms with Crippen molar-refractivity contribution < 1.29 is 4.39 Å². The van der Waals surface area contributed by atoms with Gasteiger partial charge in [-0.25, -0.2) is 14.1 Å². The number of aromatic nitrogens is 2. The van der Waals surface area contributed by atoms with E-state index in [1.54, 1.807) is 12.4 Å². The second kappa shape index (κ2) is 5.83. The van der Waals surface area contributed by atoms with Crippen molar-refractivity contribution in [3.05, 3.63) is 47.0 Å². The van der Waals surface area contributed by atoms with Crippen LogP contribution in [0.1, 0.15) is 16.8 Å². The topological polar surface area (TPSA) is 59.4 Å². The molecular weight excluding hydrogens is 257 g/mol. The molecule has 0 bridgehead atoms. The zero-order valence-electron chi connectivity index (χ0n) is 11.8. The molecule has 0 aliphatic rings. The second-order valence-corrected chi connectivity index (χ2v) is 4.96. The zero-order chi connectivity index (χ0) is 14.7. The van der Waals surface area contributed by atoms with Crippen LogP contribution in [0, 0.1) is 12.7 Å². The Morgan fingerprint density at radius 1 is 1.40 bits per heavy atom. The lowest BCUT2D eigenvalue weighted by Crippen LogP contribution is -2.11. The highest BCUT2D eigenvalue weighted by Gasteiger charge is 2.02. The van der Waals surface area contributed by atoms with Crippen LogP contribution in [0.2, 0.25) is 0 Å². The molecule has 0 radical (unpaired) electrons. The molecule has 2 N–H and O–H groups in total. The van der Waals surface area contributed by atoms with Gasteiger partial charge in [0.05, 0.1) is 18.1 Å². The van der Waals surface area contributed by atoms with Crippen LogP contribution in [0.25, 0.3) is 0 Å². The minimum atomic E-state index is -0.277. The predicted molar refractivity (Wildman–Crippen MR) is 78.2 cm³/mol. The Bertz CT molecular complexity index is 630. The Kier molecular flexibility index (Phi) is 4.14. The summed E-state index contributed by atoms with van der Waals surface area (Å²) in [6.07, 6.45) is 3.28. The van der Waals surface area contributed by atoms with E-state index in [1.807, 2.05) is 32.0 Å². The normalized spacial score (nSPS) is 11.7. The number of imidazole rings is 1. The van der Waals surface area contributed by atoms with Gasteiger partial charge in [-0.15, -0.1) is 0 Å². The minimum Gasteiger partial charge on any atom is -0.368 e. The molecule has 106 valence electrons. The number of hydrogen-bond donors (Lipinski definition) is 1. The largest absolute Gasteiger partial charge is 0.368 e. The quantitative estimate of drug-likeness (QED) is 0.866. The third kappa shape index (κ3) is 3.64. The van der Waals surface area contributed by atoms with Crippen LogP contribution in [-0.4, -0.2) is 34.9 Å². The average molecular weight is 275 g/mol. The minimum absolute atomic E-state index is 0.277. The van der Waals surface area contributed by atoms with Crippen molar-refractivity contribution in [3.8, 4) is 0 Å². The van der Waals surface area contributed by atoms with Crippen molar-refractivity contribution in [1.29, 1.82) is 0 Å². The number of hydrogen-bond acceptors (Lipinski definition) is 4. The van der Waals surface area contributed by atoms with Gasteiger partial charge in [0.15, 0.2) is 0 Å². The van der Waals surface area contributed by atoms with Crippen LogP contribution in [0.5, 0.6) is 0 Å². The fourth-order valence-electron chi connectivity index (χ4n) is 1.93. The van der Waals surface area contributed by atoms with Gasteiger partial charge in [0, 0.05) is 6.54 Å². The molecule has 0 spiro atoms. The van der Waals surface area contributed by atoms with E-state index >= 15 is 0 Å². The molecule has 5 nitrogen and oxygen atoms in total. The van der Waals surface area contributed by atoms with Crippen molar-refractivity contribution in [3.63, 3.8) is 0 Å². The maximum Gasteiger partial charge on any atom is 0.221 e. The smallest absolute Gasteiger partial charge is 0.221 e. The first-order valence-electron chi connectivity index (χ1n) is 6.24. The van der Waals surface area contributed by atoms with Crippen molar-refractivity contribution in [1.82, 2.24) is 14.6 Å². The number of anilines is 1. The highest BCUT2D eigenvalue weighted by Crippen LogP contribution is 2.10. The van der Waals surface area contributed by atoms with E-state index in [4.69, 9.17) is 5.73 Å². The van der Waals surface area contributed by atoms with Gasteiger partial charge in [-0.2, -0.15) is 5.10 Å². The fourth-order valence-corrected chi connectivity index (χ4v) is 1.93. The van der Waals surface area contributed by atoms with Gasteiger partial charge in [0.2, 0.25) is 5.95 Å². The number of rotatable bonds is 4. The van der Waals surface area contributed by atoms with E-state index in [9.17, 15) is 4.39 Å². The van der Waals surface area contributed by atoms with Crippen molar-refractivity contribution >= 4 is 12.2 Å². The Hall–Kier alpha value is -2.21. The van der Waals surface area contributed by atoms with Gasteiger partial charge >= 0.3 is 0 Å². The number of nitrogens with two attached hydrogens (primary N) is 1. The summed E-state index contributed by atoms with van der Waals surface area (Å²) in [5, 5.41) is 4.18. The molecule has 1 heterocycles. The number of aryl methyl sites for hydroxylation is 1. The van der Waals surface area contributed by atoms with E-state index in [-0.39, 0.29) is 5.82 Å². The highest BCUT2D eigenvalue weighted by molar-refractivity contribution is 5.79. The summed E-state index contributed by atoms with van der Waals surface area (Å²) in [6.45, 7) is 2.50. The van der Waals surface area contributed by atoms with Gasteiger partial charge in [0.25, 0.3) is 0 Å². The highest BCUT2D eigenvalue weighted by atomic mass is 19.1. The molecule has 1 aromatic heterocycles. The predicted octanol–water partition coefficient (Wildman–Crippen LogP) is 1.86. The molecule has 6 heteroatoms. The van der Waals surface area contributed by atoms with Crippen LogP contribution < -0.4 is 5.73 Å². The van der Waals surface area contributed by atoms with E-state index < -0.39 is 0 Å². The van der Waals surface area contributed by atoms with Crippen LogP contribution >= 0.6 is 0 Å². The first-order chi connectivity index (χ1) is 9.44. The molecule has 0 saturated heterocycles. The lowest BCUT2D eigenvalue weighted by Gasteiger charge is -2.10. The molecule has 2 rings (SSSR count). The Balaban J connectivity index is 2.24. The summed E-state index contributed by atoms with van der Waals surface area (Å²) < 4.78 is 15.0. The molecule has 20 heavy (non-hydrogen) atoms. The summed E-state index contributed by atoms with van der Waals surface area (Å²) in [5.41, 5.74) is 8.06.